The van der Waals surface area contributed by atoms with Crippen LogP contribution in [0.1, 0.15) is 24.2 Å². The molecule has 0 saturated carbocycles. The number of piperazine rings is 1. The number of hydrogen-bond acceptors (Lipinski definition) is 4. The Morgan fingerprint density at radius 2 is 1.87 bits per heavy atom. The molecule has 2 heterocycles. The van der Waals surface area contributed by atoms with E-state index >= 15 is 0 Å². The highest BCUT2D eigenvalue weighted by Crippen LogP contribution is 2.31. The van der Waals surface area contributed by atoms with Crippen LogP contribution in [-0.4, -0.2) is 60.2 Å². The second-order valence-corrected chi connectivity index (χ2v) is 7.01. The highest BCUT2D eigenvalue weighted by molar-refractivity contribution is 5.80. The number of hydrogen-bond donors (Lipinski definition) is 2. The monoisotopic (exact) mass is 421 g/mol. The molecular formula is C21H26F3N5O. The normalized spacial score (nSPS) is 16.5. The Kier molecular flexibility index (Phi) is 7.15. The number of rotatable bonds is 5. The molecule has 0 aliphatic carbocycles. The van der Waals surface area contributed by atoms with E-state index in [0.717, 1.165) is 11.6 Å². The minimum Gasteiger partial charge on any atom is -0.386 e. The molecule has 1 atom stereocenters. The van der Waals surface area contributed by atoms with Crippen LogP contribution in [0.3, 0.4) is 0 Å². The smallest absolute Gasteiger partial charge is 0.386 e. The number of aliphatic hydroxyl groups is 1. The first-order valence-electron chi connectivity index (χ1n) is 9.92. The van der Waals surface area contributed by atoms with Crippen LogP contribution in [0.4, 0.5) is 18.9 Å². The number of anilines is 1. The van der Waals surface area contributed by atoms with Crippen LogP contribution in [0.2, 0.25) is 0 Å². The van der Waals surface area contributed by atoms with Crippen molar-refractivity contribution < 1.29 is 18.3 Å². The molecule has 9 heteroatoms. The molecule has 0 spiro atoms. The first-order valence-corrected chi connectivity index (χ1v) is 9.92. The molecule has 2 aromatic rings. The standard InChI is InChI=1S/C21H26F3N5O/c1-2-26-20(27-15-19(30)16-6-8-25-9-7-16)29-12-10-28(11-13-29)18-5-3-4-17(14-18)21(22,23)24/h3-9,14,19,30H,2,10-13,15H2,1H3,(H,26,27). The lowest BCUT2D eigenvalue weighted by Gasteiger charge is -2.38. The molecule has 1 fully saturated rings. The van der Waals surface area contributed by atoms with Gasteiger partial charge in [-0.25, -0.2) is 0 Å². The summed E-state index contributed by atoms with van der Waals surface area (Å²) in [5.74, 6) is 0.689. The first-order chi connectivity index (χ1) is 14.4. The molecule has 1 aromatic carbocycles. The van der Waals surface area contributed by atoms with E-state index in [1.165, 1.54) is 12.1 Å². The lowest BCUT2D eigenvalue weighted by molar-refractivity contribution is -0.137. The summed E-state index contributed by atoms with van der Waals surface area (Å²) in [5, 5.41) is 13.6. The van der Waals surface area contributed by atoms with Gasteiger partial charge in [0.15, 0.2) is 5.96 Å². The van der Waals surface area contributed by atoms with E-state index in [1.54, 1.807) is 30.6 Å². The van der Waals surface area contributed by atoms with Gasteiger partial charge in [-0.2, -0.15) is 13.2 Å². The zero-order valence-corrected chi connectivity index (χ0v) is 16.8. The van der Waals surface area contributed by atoms with Gasteiger partial charge in [-0.1, -0.05) is 6.07 Å². The topological polar surface area (TPSA) is 64.0 Å². The summed E-state index contributed by atoms with van der Waals surface area (Å²) in [5.41, 5.74) is 0.681. The van der Waals surface area contributed by atoms with Crippen molar-refractivity contribution in [1.29, 1.82) is 0 Å². The van der Waals surface area contributed by atoms with Crippen LogP contribution in [0.15, 0.2) is 53.8 Å². The predicted octanol–water partition coefficient (Wildman–Crippen LogP) is 2.92. The van der Waals surface area contributed by atoms with Crippen molar-refractivity contribution >= 4 is 11.6 Å². The van der Waals surface area contributed by atoms with Gasteiger partial charge in [-0.15, -0.1) is 0 Å². The van der Waals surface area contributed by atoms with Crippen molar-refractivity contribution in [2.45, 2.75) is 19.2 Å². The highest BCUT2D eigenvalue weighted by Gasteiger charge is 2.31. The van der Waals surface area contributed by atoms with Gasteiger partial charge in [0, 0.05) is 50.8 Å². The van der Waals surface area contributed by atoms with Crippen molar-refractivity contribution in [3.05, 3.63) is 59.9 Å². The second-order valence-electron chi connectivity index (χ2n) is 7.01. The summed E-state index contributed by atoms with van der Waals surface area (Å²) in [7, 11) is 0. The molecule has 0 radical (unpaired) electrons. The number of benzene rings is 1. The van der Waals surface area contributed by atoms with Crippen LogP contribution >= 0.6 is 0 Å². The average molecular weight is 421 g/mol. The number of halogens is 3. The van der Waals surface area contributed by atoms with Crippen molar-refractivity contribution in [2.24, 2.45) is 4.99 Å². The zero-order chi connectivity index (χ0) is 21.6. The molecule has 1 aromatic heterocycles. The van der Waals surface area contributed by atoms with E-state index in [1.807, 2.05) is 11.8 Å². The molecule has 0 amide bonds. The minimum atomic E-state index is -4.35. The third-order valence-corrected chi connectivity index (χ3v) is 4.96. The first kappa shape index (κ1) is 21.9. The minimum absolute atomic E-state index is 0.209. The number of pyridine rings is 1. The van der Waals surface area contributed by atoms with Crippen LogP contribution < -0.4 is 10.2 Å². The molecule has 0 bridgehead atoms. The summed E-state index contributed by atoms with van der Waals surface area (Å²) < 4.78 is 39.0. The van der Waals surface area contributed by atoms with Crippen molar-refractivity contribution in [3.8, 4) is 0 Å². The zero-order valence-electron chi connectivity index (χ0n) is 16.8. The fourth-order valence-corrected chi connectivity index (χ4v) is 3.35. The molecule has 1 aliphatic heterocycles. The lowest BCUT2D eigenvalue weighted by Crippen LogP contribution is -2.52. The van der Waals surface area contributed by atoms with E-state index in [-0.39, 0.29) is 6.54 Å². The van der Waals surface area contributed by atoms with Gasteiger partial charge in [-0.3, -0.25) is 9.98 Å². The molecular weight excluding hydrogens is 395 g/mol. The Balaban J connectivity index is 1.63. The van der Waals surface area contributed by atoms with Gasteiger partial charge < -0.3 is 20.2 Å². The Labute approximate surface area is 174 Å². The van der Waals surface area contributed by atoms with Crippen LogP contribution in [0.5, 0.6) is 0 Å². The molecule has 1 unspecified atom stereocenters. The van der Waals surface area contributed by atoms with E-state index in [0.29, 0.717) is 44.4 Å². The fraction of sp³-hybridized carbons (Fsp3) is 0.429. The van der Waals surface area contributed by atoms with Crippen LogP contribution in [0.25, 0.3) is 0 Å². The molecule has 30 heavy (non-hydrogen) atoms. The Morgan fingerprint density at radius 3 is 2.50 bits per heavy atom. The number of aliphatic imine (C=N–C) groups is 1. The van der Waals surface area contributed by atoms with Gasteiger partial charge in [0.1, 0.15) is 0 Å². The van der Waals surface area contributed by atoms with Gasteiger partial charge in [0.05, 0.1) is 18.2 Å². The summed E-state index contributed by atoms with van der Waals surface area (Å²) in [6.45, 7) is 5.25. The Bertz CT molecular complexity index is 836. The highest BCUT2D eigenvalue weighted by atomic mass is 19.4. The predicted molar refractivity (Wildman–Crippen MR) is 110 cm³/mol. The van der Waals surface area contributed by atoms with Gasteiger partial charge in [-0.05, 0) is 42.8 Å². The number of guanidine groups is 1. The molecule has 1 saturated heterocycles. The summed E-state index contributed by atoms with van der Waals surface area (Å²) in [6.07, 6.45) is -1.83. The number of aromatic nitrogens is 1. The quantitative estimate of drug-likeness (QED) is 0.574. The second kappa shape index (κ2) is 9.80. The summed E-state index contributed by atoms with van der Waals surface area (Å²) in [4.78, 5) is 12.5. The summed E-state index contributed by atoms with van der Waals surface area (Å²) in [6, 6.07) is 8.93. The molecule has 162 valence electrons. The largest absolute Gasteiger partial charge is 0.416 e. The van der Waals surface area contributed by atoms with Crippen molar-refractivity contribution in [2.75, 3.05) is 44.2 Å². The Hall–Kier alpha value is -2.81. The fourth-order valence-electron chi connectivity index (χ4n) is 3.35. The van der Waals surface area contributed by atoms with Gasteiger partial charge in [0.25, 0.3) is 0 Å². The van der Waals surface area contributed by atoms with Crippen LogP contribution in [0, 0.1) is 0 Å². The number of aliphatic hydroxyl groups excluding tert-OH is 1. The van der Waals surface area contributed by atoms with Crippen molar-refractivity contribution in [1.82, 2.24) is 15.2 Å². The van der Waals surface area contributed by atoms with Gasteiger partial charge >= 0.3 is 6.18 Å². The van der Waals surface area contributed by atoms with Gasteiger partial charge in [0.2, 0.25) is 0 Å². The number of nitrogens with zero attached hydrogens (tertiary/aromatic N) is 4. The average Bonchev–Trinajstić information content (AvgIpc) is 2.76. The third kappa shape index (κ3) is 5.63. The molecule has 3 rings (SSSR count). The molecule has 2 N–H and O–H groups in total. The third-order valence-electron chi connectivity index (χ3n) is 4.96. The summed E-state index contributed by atoms with van der Waals surface area (Å²) >= 11 is 0. The SMILES string of the molecule is CCNC(=NCC(O)c1ccncc1)N1CCN(c2cccc(C(F)(F)F)c2)CC1. The van der Waals surface area contributed by atoms with Crippen LogP contribution in [-0.2, 0) is 6.18 Å². The molecule has 1 aliphatic rings. The Morgan fingerprint density at radius 1 is 1.17 bits per heavy atom. The maximum Gasteiger partial charge on any atom is 0.416 e. The lowest BCUT2D eigenvalue weighted by atomic mass is 10.1. The number of nitrogens with one attached hydrogen (secondary N) is 1. The number of alkyl halides is 3. The molecule has 6 nitrogen and oxygen atoms in total. The maximum absolute atomic E-state index is 13.0. The van der Waals surface area contributed by atoms with E-state index in [2.05, 4.69) is 20.2 Å². The van der Waals surface area contributed by atoms with Crippen molar-refractivity contribution in [3.63, 3.8) is 0 Å². The van der Waals surface area contributed by atoms with E-state index in [9.17, 15) is 18.3 Å². The van der Waals surface area contributed by atoms with E-state index in [4.69, 9.17) is 0 Å². The maximum atomic E-state index is 13.0. The van der Waals surface area contributed by atoms with E-state index < -0.39 is 17.8 Å².